The summed E-state index contributed by atoms with van der Waals surface area (Å²) < 4.78 is 5.50. The van der Waals surface area contributed by atoms with Gasteiger partial charge in [0.15, 0.2) is 0 Å². The molecule has 1 aromatic carbocycles. The Labute approximate surface area is 157 Å². The number of amides is 1. The van der Waals surface area contributed by atoms with Crippen LogP contribution in [-0.2, 0) is 4.79 Å². The molecular formula is C14H9N4NaO5. The van der Waals surface area contributed by atoms with Gasteiger partial charge in [0.2, 0.25) is 0 Å². The largest absolute Gasteiger partial charge is 1.00 e. The molecule has 1 amide bonds. The summed E-state index contributed by atoms with van der Waals surface area (Å²) in [6, 6.07) is 8.40. The van der Waals surface area contributed by atoms with Gasteiger partial charge in [0, 0.05) is 17.7 Å². The first-order valence-corrected chi connectivity index (χ1v) is 6.47. The minimum absolute atomic E-state index is 0. The molecule has 9 nitrogen and oxygen atoms in total. The Balaban J connectivity index is 0.00000208. The second-order valence-corrected chi connectivity index (χ2v) is 4.55. The predicted octanol–water partition coefficient (Wildman–Crippen LogP) is -2.25. The summed E-state index contributed by atoms with van der Waals surface area (Å²) in [7, 11) is 0. The normalized spacial score (nSPS) is 13.9. The van der Waals surface area contributed by atoms with Gasteiger partial charge in [0.25, 0.3) is 11.6 Å². The summed E-state index contributed by atoms with van der Waals surface area (Å²) in [5.74, 6) is 0.296. The number of carbonyl (C=O) groups excluding carboxylic acids is 1. The minimum atomic E-state index is -0.714. The summed E-state index contributed by atoms with van der Waals surface area (Å²) in [5.41, 5.74) is 0.635. The molecular weight excluding hydrogens is 327 g/mol. The number of nitro benzene ring substituents is 1. The molecule has 1 aromatic heterocycles. The van der Waals surface area contributed by atoms with E-state index in [1.165, 1.54) is 18.3 Å². The Morgan fingerprint density at radius 2 is 1.96 bits per heavy atom. The van der Waals surface area contributed by atoms with Crippen molar-refractivity contribution in [2.75, 3.05) is 6.54 Å². The monoisotopic (exact) mass is 336 g/mol. The number of benzene rings is 1. The molecule has 116 valence electrons. The molecule has 10 heteroatoms. The van der Waals surface area contributed by atoms with Crippen molar-refractivity contribution in [1.29, 1.82) is 0 Å². The number of hydrazone groups is 1. The zero-order valence-electron chi connectivity index (χ0n) is 12.6. The molecule has 0 fully saturated rings. The molecule has 0 saturated heterocycles. The summed E-state index contributed by atoms with van der Waals surface area (Å²) in [4.78, 5) is 24.9. The number of non-ortho nitro benzene ring substituents is 1. The third-order valence-corrected chi connectivity index (χ3v) is 3.06. The summed E-state index contributed by atoms with van der Waals surface area (Å²) >= 11 is 0. The third-order valence-electron chi connectivity index (χ3n) is 3.06. The van der Waals surface area contributed by atoms with Crippen LogP contribution in [0, 0.1) is 10.1 Å². The molecule has 0 atom stereocenters. The van der Waals surface area contributed by atoms with E-state index in [2.05, 4.69) is 10.1 Å². The van der Waals surface area contributed by atoms with E-state index < -0.39 is 16.9 Å². The topological polar surface area (TPSA) is 124 Å². The van der Waals surface area contributed by atoms with Gasteiger partial charge < -0.3 is 9.52 Å². The number of rotatable bonds is 4. The Bertz CT molecular complexity index is 828. The van der Waals surface area contributed by atoms with Crippen molar-refractivity contribution in [1.82, 2.24) is 5.01 Å². The fourth-order valence-electron chi connectivity index (χ4n) is 1.93. The standard InChI is InChI=1S/C14H10N4O5.Na/c19-13-8-15-14(20)17(13)16-7-11-5-6-12(23-11)9-1-3-10(4-2-9)18(21)22;/h1-7H,8H2,(H,15,20);/q;+1/p-1/b16-7+;. The van der Waals surface area contributed by atoms with Gasteiger partial charge in [0.1, 0.15) is 18.1 Å². The third kappa shape index (κ3) is 3.70. The van der Waals surface area contributed by atoms with Crippen LogP contribution in [0.5, 0.6) is 0 Å². The number of nitro groups is 1. The molecule has 1 aliphatic rings. The molecule has 1 aliphatic heterocycles. The Morgan fingerprint density at radius 3 is 2.54 bits per heavy atom. The summed E-state index contributed by atoms with van der Waals surface area (Å²) in [6.45, 7) is -0.206. The van der Waals surface area contributed by atoms with Gasteiger partial charge in [-0.3, -0.25) is 19.9 Å². The van der Waals surface area contributed by atoms with E-state index in [0.717, 1.165) is 0 Å². The molecule has 0 N–H and O–H groups in total. The Morgan fingerprint density at radius 1 is 1.25 bits per heavy atom. The number of amidine groups is 1. The summed E-state index contributed by atoms with van der Waals surface area (Å²) in [5, 5.41) is 26.3. The van der Waals surface area contributed by atoms with Gasteiger partial charge in [-0.25, -0.2) is 0 Å². The van der Waals surface area contributed by atoms with Gasteiger partial charge in [-0.1, -0.05) is 0 Å². The van der Waals surface area contributed by atoms with E-state index in [0.29, 0.717) is 22.1 Å². The molecule has 0 unspecified atom stereocenters. The average Bonchev–Trinajstić information content (AvgIpc) is 3.13. The van der Waals surface area contributed by atoms with Crippen molar-refractivity contribution in [3.8, 4) is 11.3 Å². The molecule has 24 heavy (non-hydrogen) atoms. The van der Waals surface area contributed by atoms with Crippen LogP contribution in [0.25, 0.3) is 11.3 Å². The molecule has 2 aromatic rings. The van der Waals surface area contributed by atoms with Crippen LogP contribution in [0.15, 0.2) is 50.9 Å². The number of aliphatic imine (C=N–C) groups is 1. The van der Waals surface area contributed by atoms with Crippen LogP contribution < -0.4 is 34.7 Å². The smallest absolute Gasteiger partial charge is 0.845 e. The van der Waals surface area contributed by atoms with Crippen LogP contribution >= 0.6 is 0 Å². The van der Waals surface area contributed by atoms with Gasteiger partial charge >= 0.3 is 29.6 Å². The van der Waals surface area contributed by atoms with Crippen molar-refractivity contribution in [3.05, 3.63) is 52.3 Å². The number of carbonyl (C=O) groups is 1. The Hall–Kier alpha value is -2.49. The van der Waals surface area contributed by atoms with Gasteiger partial charge in [0.05, 0.1) is 17.2 Å². The van der Waals surface area contributed by atoms with Gasteiger partial charge in [-0.15, -0.1) is 0 Å². The number of hydrogen-bond acceptors (Lipinski definition) is 7. The number of nitrogens with zero attached hydrogens (tertiary/aromatic N) is 4. The molecule has 0 saturated carbocycles. The van der Waals surface area contributed by atoms with Crippen LogP contribution in [0.3, 0.4) is 0 Å². The first-order valence-electron chi connectivity index (χ1n) is 6.47. The second kappa shape index (κ2) is 7.39. The van der Waals surface area contributed by atoms with E-state index in [1.54, 1.807) is 24.3 Å². The molecule has 0 bridgehead atoms. The minimum Gasteiger partial charge on any atom is -0.845 e. The quantitative estimate of drug-likeness (QED) is 0.270. The fourth-order valence-corrected chi connectivity index (χ4v) is 1.93. The first-order chi connectivity index (χ1) is 11.0. The van der Waals surface area contributed by atoms with Gasteiger partial charge in [-0.2, -0.15) is 10.1 Å². The van der Waals surface area contributed by atoms with E-state index in [9.17, 15) is 20.0 Å². The zero-order chi connectivity index (χ0) is 16.4. The van der Waals surface area contributed by atoms with Crippen molar-refractivity contribution < 1.29 is 48.8 Å². The van der Waals surface area contributed by atoms with Crippen LogP contribution in [0.4, 0.5) is 5.69 Å². The SMILES string of the molecule is O=C1CN=C([O-])N1/N=C/c1ccc(-c2ccc([N+](=O)[O-])cc2)o1.[Na+]. The molecule has 3 rings (SSSR count). The zero-order valence-corrected chi connectivity index (χ0v) is 14.6. The van der Waals surface area contributed by atoms with Crippen LogP contribution in [0.1, 0.15) is 5.76 Å². The van der Waals surface area contributed by atoms with E-state index in [1.807, 2.05) is 0 Å². The Kier molecular flexibility index (Phi) is 5.50. The molecule has 0 spiro atoms. The maximum Gasteiger partial charge on any atom is 1.00 e. The van der Waals surface area contributed by atoms with Crippen LogP contribution in [0.2, 0.25) is 0 Å². The van der Waals surface area contributed by atoms with Crippen molar-refractivity contribution in [3.63, 3.8) is 0 Å². The molecule has 0 radical (unpaired) electrons. The van der Waals surface area contributed by atoms with E-state index >= 15 is 0 Å². The predicted molar refractivity (Wildman–Crippen MR) is 77.5 cm³/mol. The van der Waals surface area contributed by atoms with Crippen LogP contribution in [-0.4, -0.2) is 34.6 Å². The van der Waals surface area contributed by atoms with Crippen molar-refractivity contribution in [2.24, 2.45) is 10.1 Å². The van der Waals surface area contributed by atoms with Crippen molar-refractivity contribution in [2.45, 2.75) is 0 Å². The second-order valence-electron chi connectivity index (χ2n) is 4.55. The van der Waals surface area contributed by atoms with Gasteiger partial charge in [-0.05, 0) is 24.3 Å². The van der Waals surface area contributed by atoms with Crippen molar-refractivity contribution >= 4 is 23.8 Å². The first kappa shape index (κ1) is 17.9. The number of hydrogen-bond donors (Lipinski definition) is 0. The maximum atomic E-state index is 11.3. The summed E-state index contributed by atoms with van der Waals surface area (Å²) in [6.07, 6.45) is 1.23. The van der Waals surface area contributed by atoms with E-state index in [-0.39, 0.29) is 41.8 Å². The maximum absolute atomic E-state index is 11.3. The fraction of sp³-hybridized carbons (Fsp3) is 0.0714. The molecule has 2 heterocycles. The average molecular weight is 336 g/mol. The number of furan rings is 1. The van der Waals surface area contributed by atoms with E-state index in [4.69, 9.17) is 4.42 Å². The molecule has 0 aliphatic carbocycles.